The van der Waals surface area contributed by atoms with Crippen LogP contribution in [-0.4, -0.2) is 18.3 Å². The lowest BCUT2D eigenvalue weighted by molar-refractivity contribution is 0.103. The van der Waals surface area contributed by atoms with Gasteiger partial charge in [-0.1, -0.05) is 30.3 Å². The van der Waals surface area contributed by atoms with Crippen LogP contribution in [0.4, 0.5) is 0 Å². The molecule has 2 aromatic carbocycles. The Bertz CT molecular complexity index is 756. The lowest BCUT2D eigenvalue weighted by atomic mass is 10.1. The highest BCUT2D eigenvalue weighted by atomic mass is 32.2. The Kier molecular flexibility index (Phi) is 6.98. The first kappa shape index (κ1) is 18.2. The monoisotopic (exact) mass is 355 g/mol. The zero-order valence-electron chi connectivity index (χ0n) is 13.5. The zero-order valence-corrected chi connectivity index (χ0v) is 15.1. The summed E-state index contributed by atoms with van der Waals surface area (Å²) in [5.41, 5.74) is 1.75. The Balaban J connectivity index is 2.10. The molecule has 0 unspecified atom stereocenters. The molecule has 0 radical (unpaired) electrons. The lowest BCUT2D eigenvalue weighted by Crippen LogP contribution is -2.04. The minimum Gasteiger partial charge on any atom is -0.489 e. The number of carbonyl (C=O) groups excluding carboxylic acids is 1. The fourth-order valence-corrected chi connectivity index (χ4v) is 3.42. The van der Waals surface area contributed by atoms with Crippen molar-refractivity contribution in [3.8, 4) is 11.8 Å². The van der Waals surface area contributed by atoms with Crippen LogP contribution >= 0.6 is 23.5 Å². The van der Waals surface area contributed by atoms with Crippen molar-refractivity contribution in [3.05, 3.63) is 75.5 Å². The van der Waals surface area contributed by atoms with Crippen molar-refractivity contribution in [3.63, 3.8) is 0 Å². The van der Waals surface area contributed by atoms with Gasteiger partial charge in [0.15, 0.2) is 0 Å². The second kappa shape index (κ2) is 9.21. The number of hydrogen-bond acceptors (Lipinski definition) is 5. The molecule has 0 aliphatic rings. The molecule has 0 saturated carbocycles. The third-order valence-corrected chi connectivity index (χ3v) is 5.43. The largest absolute Gasteiger partial charge is 0.489 e. The van der Waals surface area contributed by atoms with Crippen LogP contribution in [-0.2, 0) is 6.61 Å². The van der Waals surface area contributed by atoms with Gasteiger partial charge in [0.2, 0.25) is 5.78 Å². The minimum absolute atomic E-state index is 0.188. The quantitative estimate of drug-likeness (QED) is 0.401. The first-order valence-corrected chi connectivity index (χ1v) is 9.68. The van der Waals surface area contributed by atoms with Crippen LogP contribution in [0.2, 0.25) is 0 Å². The lowest BCUT2D eigenvalue weighted by Gasteiger charge is -2.08. The van der Waals surface area contributed by atoms with E-state index in [0.717, 1.165) is 9.80 Å². The first-order valence-electron chi connectivity index (χ1n) is 7.23. The molecule has 0 saturated heterocycles. The molecule has 0 spiro atoms. The van der Waals surface area contributed by atoms with Crippen LogP contribution in [0.25, 0.3) is 0 Å². The van der Waals surface area contributed by atoms with Crippen LogP contribution in [0, 0.1) is 11.3 Å². The average Bonchev–Trinajstić information content (AvgIpc) is 2.65. The maximum absolute atomic E-state index is 12.5. The van der Waals surface area contributed by atoms with E-state index >= 15 is 0 Å². The molecule has 24 heavy (non-hydrogen) atoms. The van der Waals surface area contributed by atoms with Crippen molar-refractivity contribution < 1.29 is 9.53 Å². The van der Waals surface area contributed by atoms with Crippen molar-refractivity contribution in [1.29, 1.82) is 5.26 Å². The molecule has 122 valence electrons. The number of ether oxygens (including phenoxy) is 1. The van der Waals surface area contributed by atoms with E-state index in [9.17, 15) is 10.1 Å². The van der Waals surface area contributed by atoms with Crippen molar-refractivity contribution in [2.24, 2.45) is 0 Å². The van der Waals surface area contributed by atoms with Crippen LogP contribution in [0.5, 0.6) is 5.75 Å². The van der Waals surface area contributed by atoms with Gasteiger partial charge in [0.1, 0.15) is 24.0 Å². The van der Waals surface area contributed by atoms with E-state index in [4.69, 9.17) is 4.74 Å². The van der Waals surface area contributed by atoms with Gasteiger partial charge in [-0.25, -0.2) is 0 Å². The van der Waals surface area contributed by atoms with Gasteiger partial charge in [0, 0.05) is 5.56 Å². The van der Waals surface area contributed by atoms with E-state index in [1.54, 1.807) is 24.3 Å². The summed E-state index contributed by atoms with van der Waals surface area (Å²) in [7, 11) is 0. The van der Waals surface area contributed by atoms with Gasteiger partial charge in [0.25, 0.3) is 0 Å². The highest BCUT2D eigenvalue weighted by molar-refractivity contribution is 8.21. The van der Waals surface area contributed by atoms with Gasteiger partial charge in [-0.05, 0) is 42.3 Å². The molecule has 0 bridgehead atoms. The molecule has 0 fully saturated rings. The summed E-state index contributed by atoms with van der Waals surface area (Å²) in [6.07, 6.45) is 3.72. The number of rotatable bonds is 7. The van der Waals surface area contributed by atoms with Crippen LogP contribution in [0.3, 0.4) is 0 Å². The Hall–Kier alpha value is -2.16. The van der Waals surface area contributed by atoms with E-state index in [1.807, 2.05) is 48.9 Å². The maximum Gasteiger partial charge on any atom is 0.205 e. The molecule has 0 atom stereocenters. The molecule has 0 aliphatic heterocycles. The summed E-state index contributed by atoms with van der Waals surface area (Å²) in [6, 6.07) is 18.8. The fourth-order valence-electron chi connectivity index (χ4n) is 2.06. The van der Waals surface area contributed by atoms with E-state index < -0.39 is 0 Å². The Morgan fingerprint density at radius 3 is 2.21 bits per heavy atom. The molecule has 0 heterocycles. The normalized spacial score (nSPS) is 9.88. The number of carbonyl (C=O) groups is 1. The summed E-state index contributed by atoms with van der Waals surface area (Å²) in [4.78, 5) is 12.5. The summed E-state index contributed by atoms with van der Waals surface area (Å²) in [6.45, 7) is 0.473. The second-order valence-corrected chi connectivity index (χ2v) is 6.70. The van der Waals surface area contributed by atoms with Gasteiger partial charge >= 0.3 is 0 Å². The molecular formula is C19H17NO2S2. The van der Waals surface area contributed by atoms with Crippen LogP contribution in [0.1, 0.15) is 15.9 Å². The number of Topliss-reactive ketones (excluding diaryl/α,β-unsaturated/α-hetero) is 1. The maximum atomic E-state index is 12.5. The predicted molar refractivity (Wildman–Crippen MR) is 101 cm³/mol. The van der Waals surface area contributed by atoms with Crippen molar-refractivity contribution in [2.75, 3.05) is 12.5 Å². The first-order chi connectivity index (χ1) is 11.7. The number of thioether (sulfide) groups is 2. The van der Waals surface area contributed by atoms with E-state index in [0.29, 0.717) is 17.9 Å². The number of benzene rings is 2. The Morgan fingerprint density at radius 1 is 1.04 bits per heavy atom. The van der Waals surface area contributed by atoms with E-state index in [-0.39, 0.29) is 11.4 Å². The standard InChI is InChI=1S/C19H17NO2S2/c1-23-19(24-2)17(12-20)18(21)15-8-10-16(11-9-15)22-13-14-6-4-3-5-7-14/h3-11H,13H2,1-2H3. The highest BCUT2D eigenvalue weighted by Gasteiger charge is 2.16. The Labute approximate surface area is 150 Å². The number of nitriles is 1. The summed E-state index contributed by atoms with van der Waals surface area (Å²) in [5.74, 6) is 0.429. The summed E-state index contributed by atoms with van der Waals surface area (Å²) < 4.78 is 6.44. The molecule has 3 nitrogen and oxygen atoms in total. The van der Waals surface area contributed by atoms with E-state index in [1.165, 1.54) is 23.5 Å². The van der Waals surface area contributed by atoms with Gasteiger partial charge in [-0.2, -0.15) is 5.26 Å². The Morgan fingerprint density at radius 2 is 1.67 bits per heavy atom. The van der Waals surface area contributed by atoms with Gasteiger partial charge < -0.3 is 4.74 Å². The number of allylic oxidation sites excluding steroid dienone is 1. The highest BCUT2D eigenvalue weighted by Crippen LogP contribution is 2.29. The predicted octanol–water partition coefficient (Wildman–Crippen LogP) is 4.91. The third-order valence-electron chi connectivity index (χ3n) is 3.28. The van der Waals surface area contributed by atoms with Gasteiger partial charge in [0.05, 0.1) is 4.24 Å². The van der Waals surface area contributed by atoms with Crippen LogP contribution < -0.4 is 4.74 Å². The molecular weight excluding hydrogens is 338 g/mol. The molecule has 2 aromatic rings. The smallest absolute Gasteiger partial charge is 0.205 e. The fraction of sp³-hybridized carbons (Fsp3) is 0.158. The van der Waals surface area contributed by atoms with Gasteiger partial charge in [-0.15, -0.1) is 23.5 Å². The van der Waals surface area contributed by atoms with Crippen molar-refractivity contribution in [2.45, 2.75) is 6.61 Å². The molecule has 0 N–H and O–H groups in total. The third kappa shape index (κ3) is 4.67. The van der Waals surface area contributed by atoms with Crippen molar-refractivity contribution in [1.82, 2.24) is 0 Å². The SMILES string of the molecule is CSC(SC)=C(C#N)C(=O)c1ccc(OCc2ccccc2)cc1. The zero-order chi connectivity index (χ0) is 17.4. The molecule has 0 aromatic heterocycles. The number of hydrogen-bond donors (Lipinski definition) is 0. The number of nitrogens with zero attached hydrogens (tertiary/aromatic N) is 1. The topological polar surface area (TPSA) is 50.1 Å². The minimum atomic E-state index is -0.259. The van der Waals surface area contributed by atoms with E-state index in [2.05, 4.69) is 0 Å². The number of ketones is 1. The van der Waals surface area contributed by atoms with Gasteiger partial charge in [-0.3, -0.25) is 4.79 Å². The summed E-state index contributed by atoms with van der Waals surface area (Å²) in [5, 5.41) is 9.28. The molecule has 2 rings (SSSR count). The second-order valence-electron chi connectivity index (χ2n) is 4.81. The summed E-state index contributed by atoms with van der Waals surface area (Å²) >= 11 is 2.82. The average molecular weight is 355 g/mol. The molecule has 0 amide bonds. The van der Waals surface area contributed by atoms with Crippen LogP contribution in [0.15, 0.2) is 64.4 Å². The van der Waals surface area contributed by atoms with Crippen molar-refractivity contribution >= 4 is 29.3 Å². The molecule has 0 aliphatic carbocycles. The molecule has 5 heteroatoms.